The van der Waals surface area contributed by atoms with Crippen molar-refractivity contribution in [1.82, 2.24) is 4.98 Å². The van der Waals surface area contributed by atoms with Crippen molar-refractivity contribution in [2.75, 3.05) is 0 Å². The highest BCUT2D eigenvalue weighted by atomic mass is 14.8. The summed E-state index contributed by atoms with van der Waals surface area (Å²) >= 11 is 0. The first kappa shape index (κ1) is 13.9. The van der Waals surface area contributed by atoms with E-state index in [1.165, 1.54) is 0 Å². The maximum atomic E-state index is 5.44. The van der Waals surface area contributed by atoms with E-state index in [1.807, 2.05) is 37.4 Å². The number of allylic oxidation sites excluding steroid dienone is 3. The van der Waals surface area contributed by atoms with Crippen molar-refractivity contribution in [2.45, 2.75) is 20.3 Å². The summed E-state index contributed by atoms with van der Waals surface area (Å²) in [6.07, 6.45) is 12.2. The van der Waals surface area contributed by atoms with E-state index in [0.29, 0.717) is 5.84 Å². The quantitative estimate of drug-likeness (QED) is 0.638. The zero-order valence-electron chi connectivity index (χ0n) is 10.9. The van der Waals surface area contributed by atoms with Gasteiger partial charge in [0.2, 0.25) is 0 Å². The van der Waals surface area contributed by atoms with E-state index in [4.69, 9.17) is 5.73 Å². The molecule has 1 heterocycles. The van der Waals surface area contributed by atoms with Crippen LogP contribution in [0.15, 0.2) is 41.7 Å². The standard InChI is InChI=1S/C15H19N3/c1-4-5-8-15-10-14(11-18-12(15)2)7-6-9-17-13(3)16/h4-6,8-11H,2,7H2,1,3H3,(H2,16,17)/b5-4-,9-6-,15-8-. The fourth-order valence-electron chi connectivity index (χ4n) is 1.37. The van der Waals surface area contributed by atoms with E-state index in [2.05, 4.69) is 22.6 Å². The van der Waals surface area contributed by atoms with Gasteiger partial charge in [-0.1, -0.05) is 30.9 Å². The molecule has 0 spiro atoms. The van der Waals surface area contributed by atoms with Crippen LogP contribution in [0.2, 0.25) is 0 Å². The second kappa shape index (κ2) is 7.22. The van der Waals surface area contributed by atoms with Crippen LogP contribution in [0.1, 0.15) is 19.4 Å². The molecule has 0 saturated carbocycles. The lowest BCUT2D eigenvalue weighted by Gasteiger charge is -1.96. The largest absolute Gasteiger partial charge is 0.387 e. The van der Waals surface area contributed by atoms with Crippen molar-refractivity contribution in [2.24, 2.45) is 10.7 Å². The van der Waals surface area contributed by atoms with Crippen molar-refractivity contribution < 1.29 is 0 Å². The first-order valence-electron chi connectivity index (χ1n) is 5.85. The van der Waals surface area contributed by atoms with Crippen molar-refractivity contribution >= 4 is 18.5 Å². The van der Waals surface area contributed by atoms with E-state index in [9.17, 15) is 0 Å². The van der Waals surface area contributed by atoms with Crippen LogP contribution in [0.25, 0.3) is 12.7 Å². The second-order valence-corrected chi connectivity index (χ2v) is 3.93. The smallest absolute Gasteiger partial charge is 0.0957 e. The van der Waals surface area contributed by atoms with Gasteiger partial charge in [0, 0.05) is 12.4 Å². The molecule has 3 nitrogen and oxygen atoms in total. The molecular weight excluding hydrogens is 222 g/mol. The maximum absolute atomic E-state index is 5.44. The van der Waals surface area contributed by atoms with Crippen LogP contribution in [0.3, 0.4) is 0 Å². The van der Waals surface area contributed by atoms with Gasteiger partial charge in [0.05, 0.1) is 11.2 Å². The van der Waals surface area contributed by atoms with E-state index >= 15 is 0 Å². The Morgan fingerprint density at radius 3 is 3.00 bits per heavy atom. The van der Waals surface area contributed by atoms with Gasteiger partial charge in [-0.15, -0.1) is 0 Å². The van der Waals surface area contributed by atoms with Crippen LogP contribution >= 0.6 is 0 Å². The minimum atomic E-state index is 0.555. The van der Waals surface area contributed by atoms with Crippen molar-refractivity contribution in [3.63, 3.8) is 0 Å². The van der Waals surface area contributed by atoms with Crippen molar-refractivity contribution in [3.05, 3.63) is 52.8 Å². The lowest BCUT2D eigenvalue weighted by atomic mass is 10.2. The zero-order chi connectivity index (χ0) is 13.4. The molecule has 0 aliphatic rings. The number of hydrogen-bond donors (Lipinski definition) is 1. The Morgan fingerprint density at radius 1 is 1.56 bits per heavy atom. The average Bonchev–Trinajstić information content (AvgIpc) is 2.34. The Labute approximate surface area is 108 Å². The van der Waals surface area contributed by atoms with Gasteiger partial charge < -0.3 is 5.73 Å². The van der Waals surface area contributed by atoms with Gasteiger partial charge in [0.25, 0.3) is 0 Å². The molecule has 0 unspecified atom stereocenters. The summed E-state index contributed by atoms with van der Waals surface area (Å²) in [5, 5.41) is 1.83. The first-order valence-corrected chi connectivity index (χ1v) is 5.85. The fraction of sp³-hybridized carbons (Fsp3) is 0.200. The summed E-state index contributed by atoms with van der Waals surface area (Å²) in [7, 11) is 0. The molecule has 0 atom stereocenters. The number of hydrogen-bond acceptors (Lipinski definition) is 2. The molecule has 0 fully saturated rings. The lowest BCUT2D eigenvalue weighted by molar-refractivity contribution is 1.14. The lowest BCUT2D eigenvalue weighted by Crippen LogP contribution is -2.26. The Morgan fingerprint density at radius 2 is 2.33 bits per heavy atom. The summed E-state index contributed by atoms with van der Waals surface area (Å²) in [5.74, 6) is 0.555. The molecule has 0 amide bonds. The third-order valence-corrected chi connectivity index (χ3v) is 2.27. The molecule has 2 N–H and O–H groups in total. The molecule has 1 rings (SSSR count). The highest BCUT2D eigenvalue weighted by Gasteiger charge is 1.90. The van der Waals surface area contributed by atoms with Crippen LogP contribution in [-0.2, 0) is 6.42 Å². The first-order chi connectivity index (χ1) is 8.63. The Hall–Kier alpha value is -2.16. The Bertz CT molecular complexity index is 576. The number of pyridine rings is 1. The van der Waals surface area contributed by atoms with Gasteiger partial charge >= 0.3 is 0 Å². The van der Waals surface area contributed by atoms with Crippen LogP contribution in [0.5, 0.6) is 0 Å². The molecule has 18 heavy (non-hydrogen) atoms. The third-order valence-electron chi connectivity index (χ3n) is 2.27. The Balaban J connectivity index is 2.89. The summed E-state index contributed by atoms with van der Waals surface area (Å²) in [6.45, 7) is 7.64. The summed E-state index contributed by atoms with van der Waals surface area (Å²) in [5.41, 5.74) is 6.56. The van der Waals surface area contributed by atoms with Gasteiger partial charge in [-0.2, -0.15) is 0 Å². The van der Waals surface area contributed by atoms with Gasteiger partial charge in [-0.25, -0.2) is 4.99 Å². The van der Waals surface area contributed by atoms with E-state index in [-0.39, 0.29) is 0 Å². The normalized spacial score (nSPS) is 13.9. The van der Waals surface area contributed by atoms with Gasteiger partial charge in [0.1, 0.15) is 0 Å². The molecule has 0 saturated heterocycles. The summed E-state index contributed by atoms with van der Waals surface area (Å²) in [4.78, 5) is 8.27. The predicted octanol–water partition coefficient (Wildman–Crippen LogP) is 1.28. The van der Waals surface area contributed by atoms with Crippen molar-refractivity contribution in [1.29, 1.82) is 0 Å². The third kappa shape index (κ3) is 4.78. The van der Waals surface area contributed by atoms with E-state index in [0.717, 1.165) is 22.6 Å². The average molecular weight is 241 g/mol. The van der Waals surface area contributed by atoms with E-state index in [1.54, 1.807) is 13.1 Å². The molecule has 1 aromatic heterocycles. The molecule has 1 aromatic rings. The number of aromatic nitrogens is 1. The van der Waals surface area contributed by atoms with Gasteiger partial charge in [-0.3, -0.25) is 4.98 Å². The number of nitrogens with zero attached hydrogens (tertiary/aromatic N) is 2. The van der Waals surface area contributed by atoms with Crippen LogP contribution in [0.4, 0.5) is 0 Å². The summed E-state index contributed by atoms with van der Waals surface area (Å²) < 4.78 is 0. The minimum Gasteiger partial charge on any atom is -0.387 e. The highest BCUT2D eigenvalue weighted by Crippen LogP contribution is 1.94. The molecule has 0 aromatic carbocycles. The highest BCUT2D eigenvalue weighted by molar-refractivity contribution is 5.77. The minimum absolute atomic E-state index is 0.555. The zero-order valence-corrected chi connectivity index (χ0v) is 10.9. The molecule has 0 aliphatic carbocycles. The maximum Gasteiger partial charge on any atom is 0.0957 e. The number of aliphatic imine (C=N–C) groups is 1. The van der Waals surface area contributed by atoms with Gasteiger partial charge in [-0.05, 0) is 37.1 Å². The fourth-order valence-corrected chi connectivity index (χ4v) is 1.37. The number of nitrogens with two attached hydrogens (primary N) is 1. The van der Waals surface area contributed by atoms with Gasteiger partial charge in [0.15, 0.2) is 0 Å². The Kier molecular flexibility index (Phi) is 5.58. The molecule has 0 bridgehead atoms. The second-order valence-electron chi connectivity index (χ2n) is 3.93. The molecule has 94 valence electrons. The van der Waals surface area contributed by atoms with Crippen LogP contribution < -0.4 is 16.3 Å². The SMILES string of the molecule is C=c1ncc(C/C=C\N=C(\C)N)c/c1=C/C=C\C. The molecule has 0 aliphatic heterocycles. The van der Waals surface area contributed by atoms with Crippen LogP contribution in [0, 0.1) is 0 Å². The number of rotatable bonds is 4. The molecule has 0 radical (unpaired) electrons. The van der Waals surface area contributed by atoms with Crippen LogP contribution in [-0.4, -0.2) is 10.8 Å². The van der Waals surface area contributed by atoms with Crippen molar-refractivity contribution in [3.8, 4) is 0 Å². The number of amidine groups is 1. The summed E-state index contributed by atoms with van der Waals surface area (Å²) in [6, 6.07) is 2.08. The topological polar surface area (TPSA) is 51.3 Å². The monoisotopic (exact) mass is 241 g/mol. The molecule has 3 heteroatoms. The molecular formula is C15H19N3. The predicted molar refractivity (Wildman–Crippen MR) is 78.4 cm³/mol. The van der Waals surface area contributed by atoms with E-state index < -0.39 is 0 Å².